The van der Waals surface area contributed by atoms with Crippen LogP contribution in [0.3, 0.4) is 0 Å². The summed E-state index contributed by atoms with van der Waals surface area (Å²) in [7, 11) is 0. The zero-order valence-corrected chi connectivity index (χ0v) is 21.4. The molecule has 0 bridgehead atoms. The number of rotatable bonds is 7. The summed E-state index contributed by atoms with van der Waals surface area (Å²) < 4.78 is 75.8. The van der Waals surface area contributed by atoms with E-state index in [9.17, 15) is 31.1 Å². The van der Waals surface area contributed by atoms with Gasteiger partial charge in [0.1, 0.15) is 5.82 Å². The zero-order valence-electron chi connectivity index (χ0n) is 20.6. The summed E-state index contributed by atoms with van der Waals surface area (Å²) in [6.07, 6.45) is -1.49. The minimum atomic E-state index is -4.41. The van der Waals surface area contributed by atoms with Crippen molar-refractivity contribution in [2.75, 3.05) is 56.0 Å². The van der Waals surface area contributed by atoms with Crippen molar-refractivity contribution in [3.63, 3.8) is 0 Å². The summed E-state index contributed by atoms with van der Waals surface area (Å²) in [5.41, 5.74) is -4.38. The number of hydrogen-bond donors (Lipinski definition) is 1. The number of carbonyl (C=O) groups excluding carboxylic acids is 1. The molecule has 13 heteroatoms. The Kier molecular flexibility index (Phi) is 8.96. The van der Waals surface area contributed by atoms with Crippen LogP contribution in [0.2, 0.25) is 0 Å². The Bertz CT molecular complexity index is 1060. The third-order valence-corrected chi connectivity index (χ3v) is 7.39. The molecule has 1 N–H and O–H groups in total. The number of benzene rings is 1. The number of alkyl halides is 6. The lowest BCUT2D eigenvalue weighted by molar-refractivity contribution is -0.137. The number of likely N-dealkylation sites (tertiary alicyclic amines) is 1. The first kappa shape index (κ1) is 28.3. The monoisotopic (exact) mass is 561 g/mol. The van der Waals surface area contributed by atoms with Crippen LogP contribution in [-0.4, -0.2) is 78.1 Å². The summed E-state index contributed by atoms with van der Waals surface area (Å²) >= 11 is -0.151. The van der Waals surface area contributed by atoms with Gasteiger partial charge in [-0.25, -0.2) is 4.98 Å². The third-order valence-electron chi connectivity index (χ3n) is 6.65. The maximum Gasteiger partial charge on any atom is 0.446 e. The first-order valence-electron chi connectivity index (χ1n) is 12.4. The van der Waals surface area contributed by atoms with E-state index in [4.69, 9.17) is 0 Å². The molecule has 2 fully saturated rings. The molecule has 0 aliphatic carbocycles. The Labute approximate surface area is 221 Å². The largest absolute Gasteiger partial charge is 0.446 e. The van der Waals surface area contributed by atoms with Crippen LogP contribution in [0, 0.1) is 0 Å². The minimum absolute atomic E-state index is 0.0219. The number of hydrogen-bond acceptors (Lipinski definition) is 6. The van der Waals surface area contributed by atoms with E-state index in [0.29, 0.717) is 58.1 Å². The summed E-state index contributed by atoms with van der Waals surface area (Å²) in [5, 5.41) is 3.32. The SMILES string of the molecule is O=C(CCN1CCN(c2ccc(C(F)(F)F)cn2)CC1)N1CCC[C@H](Nc2ccc(SC(F)(F)F)cc2)C1. The maximum absolute atomic E-state index is 12.9. The molecule has 4 rings (SSSR count). The number of pyridine rings is 1. The second-order valence-corrected chi connectivity index (χ2v) is 10.5. The van der Waals surface area contributed by atoms with Crippen LogP contribution in [-0.2, 0) is 11.0 Å². The van der Waals surface area contributed by atoms with Crippen molar-refractivity contribution >= 4 is 29.2 Å². The lowest BCUT2D eigenvalue weighted by Crippen LogP contribution is -2.49. The molecule has 38 heavy (non-hydrogen) atoms. The highest BCUT2D eigenvalue weighted by atomic mass is 32.2. The Morgan fingerprint density at radius 2 is 1.68 bits per heavy atom. The lowest BCUT2D eigenvalue weighted by Gasteiger charge is -2.36. The number of carbonyl (C=O) groups is 1. The third kappa shape index (κ3) is 8.16. The van der Waals surface area contributed by atoms with Crippen LogP contribution in [0.1, 0.15) is 24.8 Å². The molecule has 6 nitrogen and oxygen atoms in total. The van der Waals surface area contributed by atoms with Gasteiger partial charge in [0, 0.05) is 75.1 Å². The van der Waals surface area contributed by atoms with E-state index in [2.05, 4.69) is 15.2 Å². The number of anilines is 2. The number of aromatic nitrogens is 1. The molecule has 1 amide bonds. The van der Waals surface area contributed by atoms with Crippen molar-refractivity contribution in [3.8, 4) is 0 Å². The fourth-order valence-corrected chi connectivity index (χ4v) is 5.20. The van der Waals surface area contributed by atoms with E-state index in [1.54, 1.807) is 12.1 Å². The number of nitrogens with zero attached hydrogens (tertiary/aromatic N) is 4. The van der Waals surface area contributed by atoms with Crippen LogP contribution in [0.5, 0.6) is 0 Å². The summed E-state index contributed by atoms with van der Waals surface area (Å²) in [6, 6.07) is 8.55. The predicted molar refractivity (Wildman–Crippen MR) is 134 cm³/mol. The van der Waals surface area contributed by atoms with E-state index in [1.165, 1.54) is 18.2 Å². The normalized spacial score (nSPS) is 19.5. The van der Waals surface area contributed by atoms with Gasteiger partial charge >= 0.3 is 11.7 Å². The summed E-state index contributed by atoms with van der Waals surface area (Å²) in [6.45, 7) is 4.40. The average Bonchev–Trinajstić information content (AvgIpc) is 2.88. The number of thioether (sulfide) groups is 1. The van der Waals surface area contributed by atoms with Crippen LogP contribution >= 0.6 is 11.8 Å². The summed E-state index contributed by atoms with van der Waals surface area (Å²) in [4.78, 5) is 22.9. The first-order chi connectivity index (χ1) is 18.0. The molecule has 1 atom stereocenters. The van der Waals surface area contributed by atoms with E-state index < -0.39 is 17.2 Å². The molecule has 2 saturated heterocycles. The Morgan fingerprint density at radius 1 is 0.974 bits per heavy atom. The van der Waals surface area contributed by atoms with Gasteiger partial charge in [0.15, 0.2) is 0 Å². The smallest absolute Gasteiger partial charge is 0.381 e. The Balaban J connectivity index is 1.19. The van der Waals surface area contributed by atoms with Gasteiger partial charge in [-0.05, 0) is 61.0 Å². The molecule has 1 aromatic carbocycles. The quantitative estimate of drug-likeness (QED) is 0.365. The van der Waals surface area contributed by atoms with E-state index in [1.807, 2.05) is 9.80 Å². The molecule has 1 aromatic heterocycles. The molecule has 2 aliphatic heterocycles. The highest BCUT2D eigenvalue weighted by Gasteiger charge is 2.31. The van der Waals surface area contributed by atoms with Gasteiger partial charge in [-0.2, -0.15) is 26.3 Å². The molecule has 0 saturated carbocycles. The molecule has 2 aliphatic rings. The lowest BCUT2D eigenvalue weighted by atomic mass is 10.0. The van der Waals surface area contributed by atoms with Crippen molar-refractivity contribution in [1.29, 1.82) is 0 Å². The van der Waals surface area contributed by atoms with Crippen molar-refractivity contribution in [1.82, 2.24) is 14.8 Å². The molecule has 0 spiro atoms. The molecule has 208 valence electrons. The minimum Gasteiger partial charge on any atom is -0.381 e. The fraction of sp³-hybridized carbons (Fsp3) is 0.520. The summed E-state index contributed by atoms with van der Waals surface area (Å²) in [5.74, 6) is 0.564. The van der Waals surface area contributed by atoms with Gasteiger partial charge < -0.3 is 15.1 Å². The van der Waals surface area contributed by atoms with E-state index in [0.717, 1.165) is 30.8 Å². The van der Waals surface area contributed by atoms with Gasteiger partial charge in [0.2, 0.25) is 5.91 Å². The Hall–Kier alpha value is -2.67. The zero-order chi connectivity index (χ0) is 27.3. The van der Waals surface area contributed by atoms with Gasteiger partial charge in [0.05, 0.1) is 5.56 Å². The van der Waals surface area contributed by atoms with Gasteiger partial charge in [-0.1, -0.05) is 0 Å². The molecule has 0 unspecified atom stereocenters. The van der Waals surface area contributed by atoms with Crippen molar-refractivity contribution in [2.24, 2.45) is 0 Å². The number of piperazine rings is 1. The maximum atomic E-state index is 12.9. The van der Waals surface area contributed by atoms with E-state index >= 15 is 0 Å². The fourth-order valence-electron chi connectivity index (χ4n) is 4.66. The molecular weight excluding hydrogens is 532 g/mol. The Morgan fingerprint density at radius 3 is 2.29 bits per heavy atom. The molecule has 2 aromatic rings. The molecular formula is C25H29F6N5OS. The van der Waals surface area contributed by atoms with Gasteiger partial charge in [-0.3, -0.25) is 9.69 Å². The van der Waals surface area contributed by atoms with Crippen LogP contribution in [0.25, 0.3) is 0 Å². The predicted octanol–water partition coefficient (Wildman–Crippen LogP) is 5.33. The second kappa shape index (κ2) is 12.0. The van der Waals surface area contributed by atoms with Gasteiger partial charge in [-0.15, -0.1) is 0 Å². The van der Waals surface area contributed by atoms with Crippen LogP contribution < -0.4 is 10.2 Å². The van der Waals surface area contributed by atoms with Crippen molar-refractivity contribution < 1.29 is 31.1 Å². The number of amides is 1. The van der Waals surface area contributed by atoms with Crippen molar-refractivity contribution in [2.45, 2.75) is 41.9 Å². The van der Waals surface area contributed by atoms with Gasteiger partial charge in [0.25, 0.3) is 0 Å². The van der Waals surface area contributed by atoms with Crippen LogP contribution in [0.15, 0.2) is 47.5 Å². The van der Waals surface area contributed by atoms with E-state index in [-0.39, 0.29) is 28.6 Å². The highest BCUT2D eigenvalue weighted by molar-refractivity contribution is 8.00. The number of halogens is 6. The number of nitrogens with one attached hydrogen (secondary N) is 1. The molecule has 0 radical (unpaired) electrons. The average molecular weight is 562 g/mol. The van der Waals surface area contributed by atoms with Crippen molar-refractivity contribution in [3.05, 3.63) is 48.2 Å². The molecule has 3 heterocycles. The number of piperidine rings is 1. The topological polar surface area (TPSA) is 51.7 Å². The highest BCUT2D eigenvalue weighted by Crippen LogP contribution is 2.37. The van der Waals surface area contributed by atoms with Crippen LogP contribution in [0.4, 0.5) is 37.8 Å². The second-order valence-electron chi connectivity index (χ2n) is 9.38. The first-order valence-corrected chi connectivity index (χ1v) is 13.2. The standard InChI is InChI=1S/C25H29F6N5OS/c26-24(27,28)18-3-8-22(32-16-18)35-14-12-34(13-15-35)11-9-23(37)36-10-1-2-20(17-36)33-19-4-6-21(7-5-19)38-25(29,30)31/h3-8,16,20,33H,1-2,9-15,17H2/t20-/m0/s1.